The van der Waals surface area contributed by atoms with Crippen molar-refractivity contribution in [3.63, 3.8) is 0 Å². The van der Waals surface area contributed by atoms with Crippen LogP contribution in [0.3, 0.4) is 0 Å². The number of hydrogen-bond acceptors (Lipinski definition) is 3. The van der Waals surface area contributed by atoms with Crippen LogP contribution in [-0.2, 0) is 0 Å². The van der Waals surface area contributed by atoms with Crippen molar-refractivity contribution < 1.29 is 0 Å². The minimum atomic E-state index is 0.468. The summed E-state index contributed by atoms with van der Waals surface area (Å²) < 4.78 is 2.68. The average molecular weight is 998 g/mol. The number of imidazole rings is 1. The van der Waals surface area contributed by atoms with E-state index in [2.05, 4.69) is 237 Å². The molecule has 0 saturated heterocycles. The molecular formula is C52H34BI2N3S. The summed E-state index contributed by atoms with van der Waals surface area (Å²) in [4.78, 5) is 9.66. The van der Waals surface area contributed by atoms with Crippen LogP contribution in [0.1, 0.15) is 0 Å². The molecule has 0 radical (unpaired) electrons. The monoisotopic (exact) mass is 997 g/mol. The van der Waals surface area contributed by atoms with Crippen molar-refractivity contribution in [2.45, 2.75) is 0 Å². The molecular weight excluding hydrogens is 963 g/mol. The molecule has 11 rings (SSSR count). The number of halogens is 2. The minimum Gasteiger partial charge on any atom is -0.291 e. The highest BCUT2D eigenvalue weighted by atomic mass is 127. The van der Waals surface area contributed by atoms with E-state index in [4.69, 9.17) is 4.98 Å². The lowest BCUT2D eigenvalue weighted by Crippen LogP contribution is -1.98. The lowest BCUT2D eigenvalue weighted by Gasteiger charge is -2.19. The summed E-state index contributed by atoms with van der Waals surface area (Å²) in [5.41, 5.74) is 11.1. The van der Waals surface area contributed by atoms with Crippen molar-refractivity contribution >= 4 is 113 Å². The first-order chi connectivity index (χ1) is 29.0. The van der Waals surface area contributed by atoms with Crippen LogP contribution in [0.25, 0.3) is 105 Å². The van der Waals surface area contributed by atoms with Gasteiger partial charge in [0.2, 0.25) is 0 Å². The number of pyridine rings is 1. The van der Waals surface area contributed by atoms with Crippen molar-refractivity contribution in [2.24, 2.45) is 0 Å². The average Bonchev–Trinajstić information content (AvgIpc) is 3.68. The number of nitrogens with zero attached hydrogens (tertiary/aromatic N) is 3. The second-order valence-corrected chi connectivity index (χ2v) is 21.8. The zero-order chi connectivity index (χ0) is 39.9. The van der Waals surface area contributed by atoms with Crippen molar-refractivity contribution in [3.8, 4) is 50.6 Å². The van der Waals surface area contributed by atoms with Crippen LogP contribution in [0.15, 0.2) is 200 Å². The summed E-state index contributed by atoms with van der Waals surface area (Å²) in [5.74, 6) is 0.827. The molecule has 2 aromatic heterocycles. The predicted molar refractivity (Wildman–Crippen MR) is 273 cm³/mol. The molecule has 0 aliphatic rings. The summed E-state index contributed by atoms with van der Waals surface area (Å²) in [6, 6.07) is 70.1. The number of para-hydroxylation sites is 2. The Kier molecular flexibility index (Phi) is 10.4. The van der Waals surface area contributed by atoms with E-state index >= 15 is 0 Å². The lowest BCUT2D eigenvalue weighted by molar-refractivity contribution is 1.08. The summed E-state index contributed by atoms with van der Waals surface area (Å²) in [7, 11) is 0. The van der Waals surface area contributed by atoms with Gasteiger partial charge in [-0.25, -0.2) is 17.5 Å². The molecule has 0 N–H and O–H groups in total. The van der Waals surface area contributed by atoms with Crippen LogP contribution in [0.5, 0.6) is 0 Å². The van der Waals surface area contributed by atoms with E-state index in [1.54, 1.807) is 0 Å². The second kappa shape index (κ2) is 16.3. The Labute approximate surface area is 375 Å². The Morgan fingerprint density at radius 2 is 0.949 bits per heavy atom. The summed E-state index contributed by atoms with van der Waals surface area (Å²) in [6.45, 7) is 0. The molecule has 0 unspecified atom stereocenters. The zero-order valence-corrected chi connectivity index (χ0v) is 36.9. The number of aromatic nitrogens is 3. The topological polar surface area (TPSA) is 30.7 Å². The zero-order valence-electron chi connectivity index (χ0n) is 31.7. The molecule has 0 saturated carbocycles. The van der Waals surface area contributed by atoms with Gasteiger partial charge in [-0.05, 0) is 131 Å². The molecule has 3 nitrogen and oxygen atoms in total. The maximum atomic E-state index is 5.01. The molecule has 0 aliphatic heterocycles. The highest BCUT2D eigenvalue weighted by Crippen LogP contribution is 2.46. The fourth-order valence-corrected chi connectivity index (χ4v) is 8.43. The standard InChI is InChI=1S/C52H33N3.BHI2S/c1-3-13-37-31-40(22-20-34(37)11-1)50-43-15-5-6-16-44(43)51(41-23-21-35-12-2-4-14-38(35)32-41)46-33-39(26-29-45(46)50)36-24-27-42(28-25-36)55-49-19-8-7-17-47(49)54-52(55)48-18-9-10-30-53-48;2-1(3)4/h1-33H;4H. The van der Waals surface area contributed by atoms with Gasteiger partial charge in [0.05, 0.1) is 11.0 Å². The predicted octanol–water partition coefficient (Wildman–Crippen LogP) is 15.5. The third kappa shape index (κ3) is 7.30. The number of hydrogen-bond donors (Lipinski definition) is 1. The summed E-state index contributed by atoms with van der Waals surface area (Å²) >= 11 is 8.33. The van der Waals surface area contributed by atoms with Crippen LogP contribution in [0.2, 0.25) is 0 Å². The third-order valence-corrected chi connectivity index (χ3v) is 11.0. The highest BCUT2D eigenvalue weighted by molar-refractivity contribution is 14.3. The van der Waals surface area contributed by atoms with E-state index in [0.29, 0.717) is 1.70 Å². The molecule has 2 heterocycles. The molecule has 0 aliphatic carbocycles. The summed E-state index contributed by atoms with van der Waals surface area (Å²) in [5, 5.41) is 9.93. The highest BCUT2D eigenvalue weighted by Gasteiger charge is 2.19. The minimum absolute atomic E-state index is 0.468. The largest absolute Gasteiger partial charge is 0.347 e. The van der Waals surface area contributed by atoms with Gasteiger partial charge in [-0.2, -0.15) is 0 Å². The maximum Gasteiger partial charge on any atom is 0.347 e. The molecule has 11 aromatic rings. The van der Waals surface area contributed by atoms with E-state index in [0.717, 1.165) is 33.8 Å². The molecule has 0 bridgehead atoms. The molecule has 0 amide bonds. The Bertz CT molecular complexity index is 3330. The normalized spacial score (nSPS) is 11.3. The Hall–Kier alpha value is -5.49. The van der Waals surface area contributed by atoms with Crippen LogP contribution >= 0.6 is 57.2 Å². The number of rotatable bonds is 5. The Morgan fingerprint density at radius 3 is 1.58 bits per heavy atom. The van der Waals surface area contributed by atoms with E-state index in [1.165, 1.54) is 70.9 Å². The molecule has 9 aromatic carbocycles. The molecule has 7 heteroatoms. The number of fused-ring (bicyclic) bond motifs is 5. The van der Waals surface area contributed by atoms with E-state index < -0.39 is 0 Å². The Balaban J connectivity index is 0.00000101. The molecule has 280 valence electrons. The van der Waals surface area contributed by atoms with Gasteiger partial charge < -0.3 is 0 Å². The van der Waals surface area contributed by atoms with Crippen molar-refractivity contribution in [3.05, 3.63) is 200 Å². The van der Waals surface area contributed by atoms with Gasteiger partial charge in [-0.3, -0.25) is 9.55 Å². The first-order valence-electron chi connectivity index (χ1n) is 19.4. The van der Waals surface area contributed by atoms with Crippen LogP contribution in [0, 0.1) is 0 Å². The summed E-state index contributed by atoms with van der Waals surface area (Å²) in [6.07, 6.45) is 1.82. The first kappa shape index (κ1) is 37.8. The number of benzene rings is 9. The smallest absolute Gasteiger partial charge is 0.291 e. The third-order valence-electron chi connectivity index (χ3n) is 11.0. The number of thiol groups is 1. The van der Waals surface area contributed by atoms with Crippen LogP contribution < -0.4 is 0 Å². The van der Waals surface area contributed by atoms with Crippen LogP contribution in [0.4, 0.5) is 0 Å². The molecule has 0 fully saturated rings. The van der Waals surface area contributed by atoms with E-state index in [1.807, 2.05) is 30.5 Å². The van der Waals surface area contributed by atoms with Gasteiger partial charge in [0.25, 0.3) is 0 Å². The maximum absolute atomic E-state index is 5.01. The van der Waals surface area contributed by atoms with Crippen molar-refractivity contribution in [1.29, 1.82) is 0 Å². The van der Waals surface area contributed by atoms with Crippen molar-refractivity contribution in [2.75, 3.05) is 0 Å². The molecule has 0 spiro atoms. The molecule has 59 heavy (non-hydrogen) atoms. The first-order valence-corrected chi connectivity index (χ1v) is 22.4. The van der Waals surface area contributed by atoms with Gasteiger partial charge >= 0.3 is 1.70 Å². The molecule has 0 atom stereocenters. The second-order valence-electron chi connectivity index (χ2n) is 14.5. The Morgan fingerprint density at radius 1 is 0.441 bits per heavy atom. The van der Waals surface area contributed by atoms with Crippen LogP contribution in [-0.4, -0.2) is 16.2 Å². The van der Waals surface area contributed by atoms with Gasteiger partial charge in [-0.1, -0.05) is 140 Å². The van der Waals surface area contributed by atoms with Crippen molar-refractivity contribution in [1.82, 2.24) is 14.5 Å². The fourth-order valence-electron chi connectivity index (χ4n) is 8.43. The van der Waals surface area contributed by atoms with Gasteiger partial charge in [0.15, 0.2) is 5.82 Å². The van der Waals surface area contributed by atoms with Gasteiger partial charge in [0, 0.05) is 11.9 Å². The quantitative estimate of drug-likeness (QED) is 0.0806. The van der Waals surface area contributed by atoms with E-state index in [-0.39, 0.29) is 0 Å². The SMILES string of the molecule is SB(I)I.c1ccc(-c2nc3ccccc3n2-c2ccc(-c3ccc4c(-c5ccc6ccccc6c5)c5ccccc5c(-c5ccc6ccccc6c5)c4c3)cc2)nc1. The van der Waals surface area contributed by atoms with Gasteiger partial charge in [-0.15, -0.1) is 44.7 Å². The van der Waals surface area contributed by atoms with E-state index in [9.17, 15) is 0 Å². The van der Waals surface area contributed by atoms with Gasteiger partial charge in [0.1, 0.15) is 5.69 Å². The lowest BCUT2D eigenvalue weighted by atomic mass is 9.84. The fraction of sp³-hybridized carbons (Fsp3) is 0.